The number of carbonyl (C=O) groups excluding carboxylic acids is 2. The van der Waals surface area contributed by atoms with Gasteiger partial charge in [0.1, 0.15) is 11.4 Å². The van der Waals surface area contributed by atoms with Gasteiger partial charge in [0.25, 0.3) is 6.43 Å². The second-order valence-electron chi connectivity index (χ2n) is 6.31. The molecule has 0 bridgehead atoms. The van der Waals surface area contributed by atoms with Crippen LogP contribution in [-0.4, -0.2) is 62.0 Å². The van der Waals surface area contributed by atoms with E-state index < -0.39 is 75.3 Å². The summed E-state index contributed by atoms with van der Waals surface area (Å²) in [5, 5.41) is 0. The molecule has 0 fully saturated rings. The van der Waals surface area contributed by atoms with E-state index in [9.17, 15) is 40.0 Å². The molecule has 10 nitrogen and oxygen atoms in total. The maximum Gasteiger partial charge on any atom is 0.433 e. The number of nitrogens with zero attached hydrogens (tertiary/aromatic N) is 4. The Kier molecular flexibility index (Phi) is 8.41. The zero-order valence-electron chi connectivity index (χ0n) is 17.5. The molecule has 0 N–H and O–H groups in total. The number of ether oxygens (including phenoxy) is 2. The number of esters is 2. The van der Waals surface area contributed by atoms with E-state index in [1.165, 1.54) is 6.92 Å². The van der Waals surface area contributed by atoms with Crippen LogP contribution in [0.15, 0.2) is 24.5 Å². The number of carbonyl (C=O) groups is 2. The highest BCUT2D eigenvalue weighted by atomic mass is 32.2. The zero-order chi connectivity index (χ0) is 25.7. The van der Waals surface area contributed by atoms with E-state index in [2.05, 4.69) is 19.7 Å². The third-order valence-electron chi connectivity index (χ3n) is 4.01. The summed E-state index contributed by atoms with van der Waals surface area (Å²) < 4.78 is 101. The standard InChI is InChI=1S/C18H17F5N4O6S/c1-3-33-16(28)10-4-5-12(18(21,22)23)26-11(10)9-34(30,31)27(8-13(19)20)15-14(17(29)32-2)24-6-7-25-15/h4-7,13H,3,8-9H2,1-2H3. The lowest BCUT2D eigenvalue weighted by atomic mass is 10.2. The zero-order valence-corrected chi connectivity index (χ0v) is 18.4. The molecule has 16 heteroatoms. The molecule has 0 unspecified atom stereocenters. The summed E-state index contributed by atoms with van der Waals surface area (Å²) in [5.74, 6) is -4.67. The minimum atomic E-state index is -5.02. The molecular weight excluding hydrogens is 495 g/mol. The molecule has 0 radical (unpaired) electrons. The first-order chi connectivity index (χ1) is 15.8. The minimum Gasteiger partial charge on any atom is -0.464 e. The average molecular weight is 512 g/mol. The fourth-order valence-corrected chi connectivity index (χ4v) is 4.08. The molecule has 2 aromatic heterocycles. The molecule has 0 spiro atoms. The fraction of sp³-hybridized carbons (Fsp3) is 0.389. The van der Waals surface area contributed by atoms with E-state index in [-0.39, 0.29) is 10.9 Å². The van der Waals surface area contributed by atoms with Crippen LogP contribution in [0.5, 0.6) is 0 Å². The number of alkyl halides is 5. The van der Waals surface area contributed by atoms with Crippen molar-refractivity contribution in [2.45, 2.75) is 25.3 Å². The Bertz CT molecular complexity index is 1160. The quantitative estimate of drug-likeness (QED) is 0.368. The van der Waals surface area contributed by atoms with E-state index in [0.29, 0.717) is 12.1 Å². The van der Waals surface area contributed by atoms with Gasteiger partial charge in [0.05, 0.1) is 31.5 Å². The van der Waals surface area contributed by atoms with Crippen molar-refractivity contribution in [1.29, 1.82) is 0 Å². The van der Waals surface area contributed by atoms with E-state index in [0.717, 1.165) is 19.5 Å². The Morgan fingerprint density at radius 3 is 2.32 bits per heavy atom. The molecule has 186 valence electrons. The molecular formula is C18H17F5N4O6S. The van der Waals surface area contributed by atoms with E-state index >= 15 is 0 Å². The van der Waals surface area contributed by atoms with Crippen LogP contribution in [0, 0.1) is 0 Å². The van der Waals surface area contributed by atoms with Crippen LogP contribution in [0.4, 0.5) is 27.8 Å². The first-order valence-electron chi connectivity index (χ1n) is 9.23. The van der Waals surface area contributed by atoms with Gasteiger partial charge in [0.15, 0.2) is 11.5 Å². The van der Waals surface area contributed by atoms with Gasteiger partial charge in [-0.05, 0) is 19.1 Å². The van der Waals surface area contributed by atoms with Crippen LogP contribution in [0.1, 0.15) is 39.2 Å². The van der Waals surface area contributed by atoms with Crippen molar-refractivity contribution < 1.29 is 49.4 Å². The van der Waals surface area contributed by atoms with Crippen LogP contribution in [0.2, 0.25) is 0 Å². The molecule has 2 aromatic rings. The predicted molar refractivity (Wildman–Crippen MR) is 105 cm³/mol. The molecule has 0 amide bonds. The van der Waals surface area contributed by atoms with Crippen molar-refractivity contribution in [3.05, 3.63) is 47.2 Å². The highest BCUT2D eigenvalue weighted by Crippen LogP contribution is 2.30. The normalized spacial score (nSPS) is 11.9. The first-order valence-corrected chi connectivity index (χ1v) is 10.8. The van der Waals surface area contributed by atoms with Gasteiger partial charge < -0.3 is 9.47 Å². The van der Waals surface area contributed by atoms with Gasteiger partial charge in [-0.1, -0.05) is 0 Å². The van der Waals surface area contributed by atoms with Crippen molar-refractivity contribution in [2.75, 3.05) is 24.6 Å². The first kappa shape index (κ1) is 26.8. The summed E-state index contributed by atoms with van der Waals surface area (Å²) in [6.07, 6.45) is -6.42. The summed E-state index contributed by atoms with van der Waals surface area (Å²) in [4.78, 5) is 34.5. The lowest BCUT2D eigenvalue weighted by Crippen LogP contribution is -2.38. The SMILES string of the molecule is CCOC(=O)c1ccc(C(F)(F)F)nc1CS(=O)(=O)N(CC(F)F)c1nccnc1C(=O)OC. The van der Waals surface area contributed by atoms with Crippen molar-refractivity contribution in [1.82, 2.24) is 15.0 Å². The second kappa shape index (κ2) is 10.7. The average Bonchev–Trinajstić information content (AvgIpc) is 2.76. The number of anilines is 1. The van der Waals surface area contributed by atoms with Gasteiger partial charge in [-0.3, -0.25) is 0 Å². The Morgan fingerprint density at radius 1 is 1.12 bits per heavy atom. The molecule has 0 aromatic carbocycles. The number of halogens is 5. The molecule has 34 heavy (non-hydrogen) atoms. The highest BCUT2D eigenvalue weighted by Gasteiger charge is 2.36. The number of methoxy groups -OCH3 is 1. The minimum absolute atomic E-state index is 0.00615. The van der Waals surface area contributed by atoms with Crippen molar-refractivity contribution in [3.63, 3.8) is 0 Å². The van der Waals surface area contributed by atoms with Gasteiger partial charge >= 0.3 is 18.1 Å². The Hall–Kier alpha value is -3.43. The molecule has 0 aliphatic rings. The lowest BCUT2D eigenvalue weighted by molar-refractivity contribution is -0.141. The van der Waals surface area contributed by atoms with Crippen molar-refractivity contribution >= 4 is 27.8 Å². The lowest BCUT2D eigenvalue weighted by Gasteiger charge is -2.24. The number of sulfonamides is 1. The number of hydrogen-bond acceptors (Lipinski definition) is 9. The molecule has 0 saturated heterocycles. The van der Waals surface area contributed by atoms with E-state index in [1.807, 2.05) is 0 Å². The largest absolute Gasteiger partial charge is 0.464 e. The Balaban J connectivity index is 2.65. The maximum atomic E-state index is 13.3. The monoisotopic (exact) mass is 512 g/mol. The van der Waals surface area contributed by atoms with Crippen molar-refractivity contribution in [2.24, 2.45) is 0 Å². The number of aromatic nitrogens is 3. The number of rotatable bonds is 9. The van der Waals surface area contributed by atoms with Crippen LogP contribution in [0.25, 0.3) is 0 Å². The Labute approximate surface area is 189 Å². The van der Waals surface area contributed by atoms with Gasteiger partial charge in [0.2, 0.25) is 10.0 Å². The van der Waals surface area contributed by atoms with Gasteiger partial charge in [-0.2, -0.15) is 13.2 Å². The van der Waals surface area contributed by atoms with E-state index in [4.69, 9.17) is 4.74 Å². The number of hydrogen-bond donors (Lipinski definition) is 0. The van der Waals surface area contributed by atoms with Crippen LogP contribution >= 0.6 is 0 Å². The summed E-state index contributed by atoms with van der Waals surface area (Å²) in [6, 6.07) is 1.11. The summed E-state index contributed by atoms with van der Waals surface area (Å²) in [5.41, 5.74) is -3.79. The highest BCUT2D eigenvalue weighted by molar-refractivity contribution is 7.92. The van der Waals surface area contributed by atoms with Crippen molar-refractivity contribution in [3.8, 4) is 0 Å². The molecule has 0 atom stereocenters. The third kappa shape index (κ3) is 6.33. The third-order valence-corrected chi connectivity index (χ3v) is 5.64. The van der Waals surface area contributed by atoms with Crippen LogP contribution < -0.4 is 4.31 Å². The molecule has 0 aliphatic heterocycles. The fourth-order valence-electron chi connectivity index (χ4n) is 2.63. The maximum absolute atomic E-state index is 13.3. The van der Waals surface area contributed by atoms with Gasteiger partial charge in [0, 0.05) is 12.4 Å². The van der Waals surface area contributed by atoms with E-state index in [1.54, 1.807) is 0 Å². The summed E-state index contributed by atoms with van der Waals surface area (Å²) in [7, 11) is -4.09. The molecule has 2 heterocycles. The predicted octanol–water partition coefficient (Wildman–Crippen LogP) is 2.46. The topological polar surface area (TPSA) is 129 Å². The molecule has 0 aliphatic carbocycles. The Morgan fingerprint density at radius 2 is 1.76 bits per heavy atom. The van der Waals surface area contributed by atoms with Crippen LogP contribution in [0.3, 0.4) is 0 Å². The summed E-state index contributed by atoms with van der Waals surface area (Å²) in [6.45, 7) is -0.316. The second-order valence-corrected chi connectivity index (χ2v) is 8.20. The van der Waals surface area contributed by atoms with Crippen LogP contribution in [-0.2, 0) is 31.4 Å². The van der Waals surface area contributed by atoms with Gasteiger partial charge in [-0.25, -0.2) is 46.0 Å². The number of pyridine rings is 1. The smallest absolute Gasteiger partial charge is 0.433 e. The molecule has 0 saturated carbocycles. The molecule has 2 rings (SSSR count). The summed E-state index contributed by atoms with van der Waals surface area (Å²) >= 11 is 0. The van der Waals surface area contributed by atoms with Gasteiger partial charge in [-0.15, -0.1) is 0 Å².